The van der Waals surface area contributed by atoms with Gasteiger partial charge in [-0.15, -0.1) is 0 Å². The molecule has 152 valence electrons. The Hall–Kier alpha value is -2.95. The van der Waals surface area contributed by atoms with Crippen LogP contribution in [0.4, 0.5) is 4.39 Å². The van der Waals surface area contributed by atoms with E-state index >= 15 is 0 Å². The second-order valence-corrected chi connectivity index (χ2v) is 7.36. The van der Waals surface area contributed by atoms with Crippen molar-refractivity contribution in [1.82, 2.24) is 19.3 Å². The molecule has 3 rings (SSSR count). The molecule has 2 heterocycles. The molecule has 0 bridgehead atoms. The molecule has 2 aromatic heterocycles. The highest BCUT2D eigenvalue weighted by Crippen LogP contribution is 2.22. The summed E-state index contributed by atoms with van der Waals surface area (Å²) in [6.07, 6.45) is 3.32. The van der Waals surface area contributed by atoms with Crippen LogP contribution in [-0.2, 0) is 23.4 Å². The molecule has 1 atom stereocenters. The number of pyridine rings is 1. The summed E-state index contributed by atoms with van der Waals surface area (Å²) in [6, 6.07) is 9.04. The van der Waals surface area contributed by atoms with Crippen molar-refractivity contribution in [3.63, 3.8) is 0 Å². The molecule has 0 amide bonds. The second-order valence-electron chi connectivity index (χ2n) is 6.43. The molecule has 1 unspecified atom stereocenters. The van der Waals surface area contributed by atoms with E-state index in [1.54, 1.807) is 18.3 Å². The predicted molar refractivity (Wildman–Crippen MR) is 109 cm³/mol. The normalized spacial score (nSPS) is 12.9. The molecule has 0 saturated carbocycles. The van der Waals surface area contributed by atoms with Crippen molar-refractivity contribution in [2.45, 2.75) is 19.2 Å². The largest absolute Gasteiger partial charge is 0.350 e. The van der Waals surface area contributed by atoms with Crippen LogP contribution in [0.1, 0.15) is 11.1 Å². The SMILES string of the molecule is Cc1cc(-c2ccc(CS(=O)O)cc2)ncc1-n1cnn(C/C(=C/F)CN)c1=O. The number of hydrogen-bond donors (Lipinski definition) is 2. The Kier molecular flexibility index (Phi) is 6.47. The fourth-order valence-corrected chi connectivity index (χ4v) is 3.30. The van der Waals surface area contributed by atoms with Crippen LogP contribution in [0.5, 0.6) is 0 Å². The molecule has 0 radical (unpaired) electrons. The van der Waals surface area contributed by atoms with Crippen molar-refractivity contribution in [3.8, 4) is 16.9 Å². The molecule has 3 N–H and O–H groups in total. The van der Waals surface area contributed by atoms with E-state index in [0.29, 0.717) is 17.7 Å². The zero-order chi connectivity index (χ0) is 21.0. The fourth-order valence-electron chi connectivity index (χ4n) is 2.82. The predicted octanol–water partition coefficient (Wildman–Crippen LogP) is 1.94. The summed E-state index contributed by atoms with van der Waals surface area (Å²) < 4.78 is 35.1. The molecule has 0 aliphatic carbocycles. The Morgan fingerprint density at radius 2 is 2.07 bits per heavy atom. The van der Waals surface area contributed by atoms with Crippen LogP contribution in [0.3, 0.4) is 0 Å². The molecule has 0 fully saturated rings. The van der Waals surface area contributed by atoms with Crippen LogP contribution in [-0.4, -0.2) is 34.6 Å². The Bertz CT molecular complexity index is 1120. The van der Waals surface area contributed by atoms with Gasteiger partial charge < -0.3 is 10.3 Å². The molecule has 0 aliphatic heterocycles. The van der Waals surface area contributed by atoms with Gasteiger partial charge in [0.1, 0.15) is 6.33 Å². The highest BCUT2D eigenvalue weighted by Gasteiger charge is 2.12. The molecule has 1 aromatic carbocycles. The summed E-state index contributed by atoms with van der Waals surface area (Å²) in [7, 11) is 0. The van der Waals surface area contributed by atoms with Gasteiger partial charge >= 0.3 is 5.69 Å². The lowest BCUT2D eigenvalue weighted by molar-refractivity contribution is 0.563. The number of aromatic nitrogens is 4. The molecule has 0 aliphatic rings. The second kappa shape index (κ2) is 9.03. The molecule has 8 nitrogen and oxygen atoms in total. The van der Waals surface area contributed by atoms with Crippen LogP contribution < -0.4 is 11.4 Å². The van der Waals surface area contributed by atoms with Gasteiger partial charge in [-0.2, -0.15) is 5.10 Å². The Morgan fingerprint density at radius 3 is 2.66 bits per heavy atom. The Morgan fingerprint density at radius 1 is 1.34 bits per heavy atom. The lowest BCUT2D eigenvalue weighted by Crippen LogP contribution is -2.26. The third-order valence-electron chi connectivity index (χ3n) is 4.39. The van der Waals surface area contributed by atoms with Crippen molar-refractivity contribution >= 4 is 11.1 Å². The van der Waals surface area contributed by atoms with Gasteiger partial charge in [0.25, 0.3) is 0 Å². The number of aryl methyl sites for hydroxylation is 1. The first-order valence-electron chi connectivity index (χ1n) is 8.69. The number of rotatable bonds is 7. The van der Waals surface area contributed by atoms with Crippen molar-refractivity contribution in [2.24, 2.45) is 5.73 Å². The van der Waals surface area contributed by atoms with Crippen LogP contribution >= 0.6 is 0 Å². The number of nitrogens with two attached hydrogens (primary N) is 1. The lowest BCUT2D eigenvalue weighted by Gasteiger charge is -2.08. The number of hydrogen-bond acceptors (Lipinski definition) is 5. The summed E-state index contributed by atoms with van der Waals surface area (Å²) >= 11 is -1.89. The van der Waals surface area contributed by atoms with E-state index in [1.165, 1.54) is 10.9 Å². The maximum Gasteiger partial charge on any atom is 0.350 e. The van der Waals surface area contributed by atoms with E-state index in [2.05, 4.69) is 10.1 Å². The molecular formula is C19H20FN5O3S. The standard InChI is InChI=1S/C19H20FN5O3S/c1-13-6-17(16-4-2-14(3-5-16)11-29(27)28)22-9-18(13)24-12-23-25(19(24)26)10-15(7-20)8-21/h2-7,9,12H,8,10-11,21H2,1H3,(H,27,28)/b15-7+. The summed E-state index contributed by atoms with van der Waals surface area (Å²) in [5, 5.41) is 4.01. The van der Waals surface area contributed by atoms with Crippen LogP contribution in [0.2, 0.25) is 0 Å². The van der Waals surface area contributed by atoms with Crippen LogP contribution in [0.25, 0.3) is 16.9 Å². The maximum absolute atomic E-state index is 12.7. The van der Waals surface area contributed by atoms with Gasteiger partial charge in [0.05, 0.1) is 36.2 Å². The van der Waals surface area contributed by atoms with Crippen molar-refractivity contribution in [3.05, 3.63) is 76.4 Å². The summed E-state index contributed by atoms with van der Waals surface area (Å²) in [5.41, 5.74) is 8.94. The average molecular weight is 417 g/mol. The number of benzene rings is 1. The minimum atomic E-state index is -1.89. The van der Waals surface area contributed by atoms with Crippen molar-refractivity contribution in [2.75, 3.05) is 6.54 Å². The van der Waals surface area contributed by atoms with Crippen LogP contribution in [0.15, 0.2) is 59.6 Å². The molecule has 29 heavy (non-hydrogen) atoms. The van der Waals surface area contributed by atoms with Gasteiger partial charge in [-0.25, -0.2) is 22.6 Å². The van der Waals surface area contributed by atoms with Crippen LogP contribution in [0, 0.1) is 6.92 Å². The monoisotopic (exact) mass is 417 g/mol. The van der Waals surface area contributed by atoms with E-state index in [9.17, 15) is 13.4 Å². The molecular weight excluding hydrogens is 397 g/mol. The first kappa shape index (κ1) is 20.8. The molecule has 10 heteroatoms. The molecule has 0 spiro atoms. The van der Waals surface area contributed by atoms with Gasteiger partial charge in [0.15, 0.2) is 11.1 Å². The minimum Gasteiger partial charge on any atom is -0.327 e. The smallest absolute Gasteiger partial charge is 0.327 e. The Balaban J connectivity index is 1.88. The number of halogens is 1. The maximum atomic E-state index is 12.7. The third kappa shape index (κ3) is 4.73. The first-order valence-corrected chi connectivity index (χ1v) is 9.97. The van der Waals surface area contributed by atoms with E-state index < -0.39 is 16.8 Å². The van der Waals surface area contributed by atoms with Gasteiger partial charge in [-0.1, -0.05) is 24.3 Å². The zero-order valence-corrected chi connectivity index (χ0v) is 16.5. The van der Waals surface area contributed by atoms with E-state index in [0.717, 1.165) is 21.4 Å². The highest BCUT2D eigenvalue weighted by atomic mass is 32.2. The summed E-state index contributed by atoms with van der Waals surface area (Å²) in [6.45, 7) is 1.83. The first-order chi connectivity index (χ1) is 13.9. The topological polar surface area (TPSA) is 116 Å². The van der Waals surface area contributed by atoms with Gasteiger partial charge in [0, 0.05) is 12.1 Å². The minimum absolute atomic E-state index is 0.00190. The number of nitrogens with zero attached hydrogens (tertiary/aromatic N) is 4. The van der Waals surface area contributed by atoms with Gasteiger partial charge in [-0.3, -0.25) is 4.98 Å². The summed E-state index contributed by atoms with van der Waals surface area (Å²) in [5.74, 6) is 0.0715. The van der Waals surface area contributed by atoms with E-state index in [1.807, 2.05) is 25.1 Å². The zero-order valence-electron chi connectivity index (χ0n) is 15.7. The van der Waals surface area contributed by atoms with E-state index in [-0.39, 0.29) is 24.4 Å². The lowest BCUT2D eigenvalue weighted by atomic mass is 10.1. The van der Waals surface area contributed by atoms with Crippen molar-refractivity contribution in [1.29, 1.82) is 0 Å². The van der Waals surface area contributed by atoms with E-state index in [4.69, 9.17) is 10.3 Å². The Labute approximate surface area is 168 Å². The quantitative estimate of drug-likeness (QED) is 0.568. The fraction of sp³-hybridized carbons (Fsp3) is 0.211. The highest BCUT2D eigenvalue weighted by molar-refractivity contribution is 7.78. The third-order valence-corrected chi connectivity index (χ3v) is 4.97. The van der Waals surface area contributed by atoms with Gasteiger partial charge in [-0.05, 0) is 29.7 Å². The average Bonchev–Trinajstić information content (AvgIpc) is 3.06. The van der Waals surface area contributed by atoms with Crippen molar-refractivity contribution < 1.29 is 13.2 Å². The molecule has 0 saturated heterocycles. The molecule has 3 aromatic rings. The summed E-state index contributed by atoms with van der Waals surface area (Å²) in [4.78, 5) is 17.0. The van der Waals surface area contributed by atoms with Gasteiger partial charge in [0.2, 0.25) is 0 Å².